The third-order valence-electron chi connectivity index (χ3n) is 4.07. The van der Waals surface area contributed by atoms with Crippen molar-refractivity contribution in [1.29, 1.82) is 0 Å². The molecule has 104 valence electrons. The van der Waals surface area contributed by atoms with E-state index < -0.39 is 17.6 Å². The van der Waals surface area contributed by atoms with Crippen LogP contribution in [0.5, 0.6) is 5.75 Å². The zero-order chi connectivity index (χ0) is 14.0. The van der Waals surface area contributed by atoms with Gasteiger partial charge in [-0.05, 0) is 31.4 Å². The first kappa shape index (κ1) is 13.8. The van der Waals surface area contributed by atoms with Gasteiger partial charge in [0.05, 0.1) is 12.5 Å². The summed E-state index contributed by atoms with van der Waals surface area (Å²) in [6.45, 7) is 1.42. The van der Waals surface area contributed by atoms with Crippen LogP contribution in [-0.4, -0.2) is 18.2 Å². The van der Waals surface area contributed by atoms with Gasteiger partial charge in [0.1, 0.15) is 11.9 Å². The summed E-state index contributed by atoms with van der Waals surface area (Å²) in [6, 6.07) is 5.15. The zero-order valence-electron chi connectivity index (χ0n) is 11.3. The molecule has 0 heterocycles. The summed E-state index contributed by atoms with van der Waals surface area (Å²) in [7, 11) is 1.48. The van der Waals surface area contributed by atoms with Gasteiger partial charge in [0.2, 0.25) is 0 Å². The van der Waals surface area contributed by atoms with Crippen LogP contribution >= 0.6 is 0 Å². The fraction of sp³-hybridized carbons (Fsp3) is 0.533. The Labute approximate surface area is 112 Å². The minimum atomic E-state index is -1.25. The number of carboxylic acids is 1. The third kappa shape index (κ3) is 2.20. The second-order valence-electron chi connectivity index (χ2n) is 5.13. The van der Waals surface area contributed by atoms with Crippen molar-refractivity contribution in [1.82, 2.24) is 0 Å². The molecule has 4 heteroatoms. The summed E-state index contributed by atoms with van der Waals surface area (Å²) in [5, 5.41) is 9.62. The van der Waals surface area contributed by atoms with Gasteiger partial charge < -0.3 is 9.84 Å². The van der Waals surface area contributed by atoms with Crippen molar-refractivity contribution in [2.45, 2.75) is 44.2 Å². The maximum absolute atomic E-state index is 14.0. The number of hydrogen-bond donors (Lipinski definition) is 1. The van der Waals surface area contributed by atoms with E-state index >= 15 is 0 Å². The van der Waals surface area contributed by atoms with E-state index in [0.717, 1.165) is 12.8 Å². The summed E-state index contributed by atoms with van der Waals surface area (Å²) >= 11 is 0. The highest BCUT2D eigenvalue weighted by Crippen LogP contribution is 2.46. The predicted molar refractivity (Wildman–Crippen MR) is 70.3 cm³/mol. The SMILES string of the molecule is COc1cccc(C2(C(=O)O)CCCC2)c1C(C)F. The molecule has 1 aliphatic rings. The van der Waals surface area contributed by atoms with E-state index in [2.05, 4.69) is 0 Å². The van der Waals surface area contributed by atoms with Crippen molar-refractivity contribution >= 4 is 5.97 Å². The minimum Gasteiger partial charge on any atom is -0.496 e. The molecule has 1 aromatic carbocycles. The number of rotatable bonds is 4. The van der Waals surface area contributed by atoms with Crippen molar-refractivity contribution in [3.05, 3.63) is 29.3 Å². The number of methoxy groups -OCH3 is 1. The summed E-state index contributed by atoms with van der Waals surface area (Å²) in [6.07, 6.45) is 1.61. The topological polar surface area (TPSA) is 46.5 Å². The molecule has 1 saturated carbocycles. The van der Waals surface area contributed by atoms with Crippen LogP contribution in [0.25, 0.3) is 0 Å². The first-order valence-corrected chi connectivity index (χ1v) is 6.58. The van der Waals surface area contributed by atoms with Crippen LogP contribution in [0.15, 0.2) is 18.2 Å². The summed E-state index contributed by atoms with van der Waals surface area (Å²) in [5.74, 6) is -0.430. The lowest BCUT2D eigenvalue weighted by atomic mass is 9.76. The highest BCUT2D eigenvalue weighted by Gasteiger charge is 2.45. The van der Waals surface area contributed by atoms with E-state index in [9.17, 15) is 14.3 Å². The Hall–Kier alpha value is -1.58. The van der Waals surface area contributed by atoms with Crippen molar-refractivity contribution in [2.24, 2.45) is 0 Å². The van der Waals surface area contributed by atoms with Crippen LogP contribution in [0.1, 0.15) is 49.9 Å². The summed E-state index contributed by atoms with van der Waals surface area (Å²) in [5.41, 5.74) is 0.00525. The third-order valence-corrected chi connectivity index (χ3v) is 4.07. The van der Waals surface area contributed by atoms with Gasteiger partial charge in [-0.25, -0.2) is 4.39 Å². The van der Waals surface area contributed by atoms with Gasteiger partial charge in [0.25, 0.3) is 0 Å². The standard InChI is InChI=1S/C15H19FO3/c1-10(16)13-11(6-5-7-12(13)19-2)15(14(17)18)8-3-4-9-15/h5-7,10H,3-4,8-9H2,1-2H3,(H,17,18). The Morgan fingerprint density at radius 2 is 2.05 bits per heavy atom. The van der Waals surface area contributed by atoms with Gasteiger partial charge in [-0.2, -0.15) is 0 Å². The maximum Gasteiger partial charge on any atom is 0.314 e. The fourth-order valence-corrected chi connectivity index (χ4v) is 3.13. The Balaban J connectivity index is 2.63. The number of halogens is 1. The average Bonchev–Trinajstić information content (AvgIpc) is 2.88. The molecule has 2 rings (SSSR count). The zero-order valence-corrected chi connectivity index (χ0v) is 11.3. The molecule has 1 N–H and O–H groups in total. The smallest absolute Gasteiger partial charge is 0.314 e. The maximum atomic E-state index is 14.0. The number of alkyl halides is 1. The van der Waals surface area contributed by atoms with Gasteiger partial charge in [0, 0.05) is 5.56 Å². The lowest BCUT2D eigenvalue weighted by molar-refractivity contribution is -0.143. The molecule has 3 nitrogen and oxygen atoms in total. The van der Waals surface area contributed by atoms with Gasteiger partial charge in [-0.1, -0.05) is 25.0 Å². The molecule has 0 aromatic heterocycles. The molecule has 1 unspecified atom stereocenters. The van der Waals surface area contributed by atoms with Crippen molar-refractivity contribution in [2.75, 3.05) is 7.11 Å². The lowest BCUT2D eigenvalue weighted by Gasteiger charge is -2.28. The van der Waals surface area contributed by atoms with Crippen LogP contribution in [0.2, 0.25) is 0 Å². The molecule has 1 atom stereocenters. The molecule has 0 amide bonds. The Kier molecular flexibility index (Phi) is 3.78. The second kappa shape index (κ2) is 5.19. The van der Waals surface area contributed by atoms with E-state index in [-0.39, 0.29) is 0 Å². The first-order valence-electron chi connectivity index (χ1n) is 6.58. The minimum absolute atomic E-state index is 0.384. The second-order valence-corrected chi connectivity index (χ2v) is 5.13. The van der Waals surface area contributed by atoms with Crippen molar-refractivity contribution in [3.8, 4) is 5.75 Å². The molecular formula is C15H19FO3. The number of carbonyl (C=O) groups is 1. The number of benzene rings is 1. The number of hydrogen-bond acceptors (Lipinski definition) is 2. The average molecular weight is 266 g/mol. The van der Waals surface area contributed by atoms with Gasteiger partial charge in [0.15, 0.2) is 0 Å². The fourth-order valence-electron chi connectivity index (χ4n) is 3.13. The normalized spacial score (nSPS) is 19.1. The number of aliphatic carboxylic acids is 1. The molecule has 1 aromatic rings. The first-order chi connectivity index (χ1) is 9.03. The molecule has 1 aliphatic carbocycles. The lowest BCUT2D eigenvalue weighted by Crippen LogP contribution is -2.34. The Bertz CT molecular complexity index is 476. The molecule has 0 radical (unpaired) electrons. The number of ether oxygens (including phenoxy) is 1. The highest BCUT2D eigenvalue weighted by atomic mass is 19.1. The van der Waals surface area contributed by atoms with E-state index in [1.54, 1.807) is 18.2 Å². The van der Waals surface area contributed by atoms with Gasteiger partial charge >= 0.3 is 5.97 Å². The van der Waals surface area contributed by atoms with E-state index in [1.165, 1.54) is 14.0 Å². The molecule has 0 bridgehead atoms. The van der Waals surface area contributed by atoms with Crippen molar-refractivity contribution < 1.29 is 19.0 Å². The predicted octanol–water partition coefficient (Wildman–Crippen LogP) is 3.62. The van der Waals surface area contributed by atoms with E-state index in [0.29, 0.717) is 29.7 Å². The quantitative estimate of drug-likeness (QED) is 0.905. The molecular weight excluding hydrogens is 247 g/mol. The largest absolute Gasteiger partial charge is 0.496 e. The van der Waals surface area contributed by atoms with Crippen LogP contribution in [0.4, 0.5) is 4.39 Å². The van der Waals surface area contributed by atoms with Gasteiger partial charge in [-0.3, -0.25) is 4.79 Å². The molecule has 0 spiro atoms. The summed E-state index contributed by atoms with van der Waals surface area (Å²) < 4.78 is 19.2. The summed E-state index contributed by atoms with van der Waals surface area (Å²) in [4.78, 5) is 11.7. The number of carboxylic acid groups (broad SMARTS) is 1. The highest BCUT2D eigenvalue weighted by molar-refractivity contribution is 5.82. The van der Waals surface area contributed by atoms with Crippen LogP contribution < -0.4 is 4.74 Å². The van der Waals surface area contributed by atoms with Crippen LogP contribution in [-0.2, 0) is 10.2 Å². The monoisotopic (exact) mass is 266 g/mol. The molecule has 0 aliphatic heterocycles. The van der Waals surface area contributed by atoms with Crippen LogP contribution in [0, 0.1) is 0 Å². The van der Waals surface area contributed by atoms with Gasteiger partial charge in [-0.15, -0.1) is 0 Å². The van der Waals surface area contributed by atoms with E-state index in [4.69, 9.17) is 4.74 Å². The molecule has 0 saturated heterocycles. The van der Waals surface area contributed by atoms with E-state index in [1.807, 2.05) is 0 Å². The molecule has 19 heavy (non-hydrogen) atoms. The Morgan fingerprint density at radius 3 is 2.53 bits per heavy atom. The van der Waals surface area contributed by atoms with Crippen LogP contribution in [0.3, 0.4) is 0 Å². The van der Waals surface area contributed by atoms with Crippen molar-refractivity contribution in [3.63, 3.8) is 0 Å². The Morgan fingerprint density at radius 1 is 1.42 bits per heavy atom. The molecule has 1 fully saturated rings.